The number of carboxylic acids is 1. The largest absolute Gasteiger partial charge is 0.481 e. The van der Waals surface area contributed by atoms with Gasteiger partial charge in [0.2, 0.25) is 0 Å². The smallest absolute Gasteiger partial charge is 0.306 e. The molecule has 0 bridgehead atoms. The van der Waals surface area contributed by atoms with E-state index in [-0.39, 0.29) is 11.8 Å². The summed E-state index contributed by atoms with van der Waals surface area (Å²) in [7, 11) is 1.50. The monoisotopic (exact) mass is 254 g/mol. The molecule has 1 N–H and O–H groups in total. The second-order valence-corrected chi connectivity index (χ2v) is 5.42. The van der Waals surface area contributed by atoms with E-state index >= 15 is 0 Å². The van der Waals surface area contributed by atoms with Gasteiger partial charge in [-0.05, 0) is 22.3 Å². The highest BCUT2D eigenvalue weighted by atomic mass is 16.5. The van der Waals surface area contributed by atoms with E-state index in [1.165, 1.54) is 7.11 Å². The highest BCUT2D eigenvalue weighted by Gasteiger charge is 2.49. The number of aliphatic carboxylic acids is 1. The zero-order chi connectivity index (χ0) is 13.3. The summed E-state index contributed by atoms with van der Waals surface area (Å²) in [6.45, 7) is 4.71. The van der Waals surface area contributed by atoms with Crippen molar-refractivity contribution >= 4 is 5.97 Å². The van der Waals surface area contributed by atoms with E-state index in [9.17, 15) is 4.79 Å². The Hall–Kier alpha value is -1.50. The Labute approximate surface area is 105 Å². The van der Waals surface area contributed by atoms with Crippen LogP contribution < -0.4 is 0 Å². The van der Waals surface area contributed by atoms with Crippen LogP contribution in [0.4, 0.5) is 0 Å². The van der Waals surface area contributed by atoms with Crippen LogP contribution in [0.25, 0.3) is 0 Å². The zero-order valence-electron chi connectivity index (χ0n) is 10.8. The molecular weight excluding hydrogens is 236 g/mol. The average molecular weight is 254 g/mol. The Balaban J connectivity index is 2.05. The number of hydrogen-bond donors (Lipinski definition) is 1. The summed E-state index contributed by atoms with van der Waals surface area (Å²) in [5.74, 6) is 0.297. The SMILES string of the molecule is COC(CC(=O)O)Cn1nnnc1C1CC1(C)C. The first-order chi connectivity index (χ1) is 8.44. The summed E-state index contributed by atoms with van der Waals surface area (Å²) in [6, 6.07) is 0. The first-order valence-electron chi connectivity index (χ1n) is 5.94. The molecule has 2 rings (SSSR count). The number of nitrogens with zero attached hydrogens (tertiary/aromatic N) is 4. The molecule has 1 heterocycles. The Morgan fingerprint density at radius 3 is 2.83 bits per heavy atom. The van der Waals surface area contributed by atoms with Gasteiger partial charge in [-0.3, -0.25) is 4.79 Å². The van der Waals surface area contributed by atoms with Crippen molar-refractivity contribution in [2.24, 2.45) is 5.41 Å². The van der Waals surface area contributed by atoms with Crippen molar-refractivity contribution in [1.82, 2.24) is 20.2 Å². The predicted molar refractivity (Wildman–Crippen MR) is 62.0 cm³/mol. The summed E-state index contributed by atoms with van der Waals surface area (Å²) in [5, 5.41) is 20.4. The molecule has 1 aliphatic carbocycles. The van der Waals surface area contributed by atoms with Gasteiger partial charge in [-0.15, -0.1) is 5.10 Å². The minimum Gasteiger partial charge on any atom is -0.481 e. The van der Waals surface area contributed by atoms with E-state index in [0.29, 0.717) is 12.5 Å². The molecule has 0 amide bonds. The number of ether oxygens (including phenoxy) is 1. The fourth-order valence-electron chi connectivity index (χ4n) is 2.11. The van der Waals surface area contributed by atoms with Crippen LogP contribution in [0.3, 0.4) is 0 Å². The van der Waals surface area contributed by atoms with Crippen molar-refractivity contribution in [2.75, 3.05) is 7.11 Å². The van der Waals surface area contributed by atoms with Crippen LogP contribution in [0.15, 0.2) is 0 Å². The summed E-state index contributed by atoms with van der Waals surface area (Å²) in [4.78, 5) is 10.7. The molecule has 0 spiro atoms. The third-order valence-corrected chi connectivity index (χ3v) is 3.50. The lowest BCUT2D eigenvalue weighted by atomic mass is 10.1. The number of aromatic nitrogens is 4. The minimum atomic E-state index is -0.886. The number of methoxy groups -OCH3 is 1. The van der Waals surface area contributed by atoms with Gasteiger partial charge in [0.05, 0.1) is 19.1 Å². The molecule has 2 atom stereocenters. The summed E-state index contributed by atoms with van der Waals surface area (Å²) in [5.41, 5.74) is 0.238. The van der Waals surface area contributed by atoms with Gasteiger partial charge in [0, 0.05) is 13.0 Å². The van der Waals surface area contributed by atoms with Crippen molar-refractivity contribution < 1.29 is 14.6 Å². The van der Waals surface area contributed by atoms with Crippen LogP contribution in [0.5, 0.6) is 0 Å². The van der Waals surface area contributed by atoms with Gasteiger partial charge in [-0.2, -0.15) is 0 Å². The van der Waals surface area contributed by atoms with Crippen molar-refractivity contribution in [3.63, 3.8) is 0 Å². The molecule has 7 heteroatoms. The third-order valence-electron chi connectivity index (χ3n) is 3.50. The van der Waals surface area contributed by atoms with Crippen molar-refractivity contribution in [3.8, 4) is 0 Å². The van der Waals surface area contributed by atoms with E-state index in [4.69, 9.17) is 9.84 Å². The fourth-order valence-corrected chi connectivity index (χ4v) is 2.11. The lowest BCUT2D eigenvalue weighted by Crippen LogP contribution is -2.24. The molecule has 1 aromatic heterocycles. The Kier molecular flexibility index (Phi) is 3.34. The fraction of sp³-hybridized carbons (Fsp3) is 0.818. The molecule has 2 unspecified atom stereocenters. The van der Waals surface area contributed by atoms with Crippen molar-refractivity contribution in [3.05, 3.63) is 5.82 Å². The van der Waals surface area contributed by atoms with E-state index < -0.39 is 12.1 Å². The molecule has 1 saturated carbocycles. The molecule has 0 radical (unpaired) electrons. The molecule has 1 fully saturated rings. The predicted octanol–water partition coefficient (Wildman–Crippen LogP) is 0.676. The Morgan fingerprint density at radius 2 is 2.33 bits per heavy atom. The van der Waals surface area contributed by atoms with Crippen LogP contribution in [-0.4, -0.2) is 44.5 Å². The van der Waals surface area contributed by atoms with Crippen LogP contribution in [0.2, 0.25) is 0 Å². The molecule has 7 nitrogen and oxygen atoms in total. The lowest BCUT2D eigenvalue weighted by Gasteiger charge is -2.13. The molecule has 1 aliphatic rings. The van der Waals surface area contributed by atoms with E-state index in [0.717, 1.165) is 12.2 Å². The first-order valence-corrected chi connectivity index (χ1v) is 5.94. The highest BCUT2D eigenvalue weighted by Crippen LogP contribution is 2.57. The standard InChI is InChI=1S/C11H18N4O3/c1-11(2)5-8(11)10-12-13-14-15(10)6-7(18-3)4-9(16)17/h7-8H,4-6H2,1-3H3,(H,16,17). The maximum Gasteiger partial charge on any atom is 0.306 e. The number of rotatable bonds is 6. The van der Waals surface area contributed by atoms with Gasteiger partial charge < -0.3 is 9.84 Å². The quantitative estimate of drug-likeness (QED) is 0.802. The topological polar surface area (TPSA) is 90.1 Å². The normalized spacial score (nSPS) is 22.7. The van der Waals surface area contributed by atoms with E-state index in [1.54, 1.807) is 4.68 Å². The maximum absolute atomic E-state index is 10.7. The van der Waals surface area contributed by atoms with Crippen LogP contribution in [0, 0.1) is 5.41 Å². The number of hydrogen-bond acceptors (Lipinski definition) is 5. The van der Waals surface area contributed by atoms with Gasteiger partial charge >= 0.3 is 5.97 Å². The van der Waals surface area contributed by atoms with Gasteiger partial charge in [0.1, 0.15) is 0 Å². The maximum atomic E-state index is 10.7. The highest BCUT2D eigenvalue weighted by molar-refractivity contribution is 5.67. The second kappa shape index (κ2) is 4.64. The van der Waals surface area contributed by atoms with Crippen LogP contribution >= 0.6 is 0 Å². The van der Waals surface area contributed by atoms with Gasteiger partial charge in [0.25, 0.3) is 0 Å². The molecule has 0 aromatic carbocycles. The van der Waals surface area contributed by atoms with E-state index in [1.807, 2.05) is 0 Å². The summed E-state index contributed by atoms with van der Waals surface area (Å²) in [6.07, 6.45) is 0.597. The summed E-state index contributed by atoms with van der Waals surface area (Å²) >= 11 is 0. The number of tetrazole rings is 1. The number of carboxylic acid groups (broad SMARTS) is 1. The first kappa shape index (κ1) is 12.9. The van der Waals surface area contributed by atoms with Crippen molar-refractivity contribution in [1.29, 1.82) is 0 Å². The van der Waals surface area contributed by atoms with Crippen LogP contribution in [0.1, 0.15) is 38.4 Å². The Bertz CT molecular complexity index is 443. The van der Waals surface area contributed by atoms with Gasteiger partial charge in [-0.25, -0.2) is 4.68 Å². The summed E-state index contributed by atoms with van der Waals surface area (Å²) < 4.78 is 6.81. The second-order valence-electron chi connectivity index (χ2n) is 5.42. The molecule has 1 aromatic rings. The average Bonchev–Trinajstić information content (AvgIpc) is 2.73. The lowest BCUT2D eigenvalue weighted by molar-refractivity contribution is -0.140. The van der Waals surface area contributed by atoms with Crippen LogP contribution in [-0.2, 0) is 16.1 Å². The molecule has 0 aliphatic heterocycles. The molecule has 0 saturated heterocycles. The minimum absolute atomic E-state index is 0.0517. The van der Waals surface area contributed by atoms with Gasteiger partial charge in [-0.1, -0.05) is 13.8 Å². The van der Waals surface area contributed by atoms with Gasteiger partial charge in [0.15, 0.2) is 5.82 Å². The third kappa shape index (κ3) is 2.66. The molecule has 100 valence electrons. The Morgan fingerprint density at radius 1 is 1.67 bits per heavy atom. The van der Waals surface area contributed by atoms with E-state index in [2.05, 4.69) is 29.4 Å². The van der Waals surface area contributed by atoms with Crippen molar-refractivity contribution in [2.45, 2.75) is 45.3 Å². The zero-order valence-corrected chi connectivity index (χ0v) is 10.8. The number of carbonyl (C=O) groups is 1. The molecular formula is C11H18N4O3. The molecule has 18 heavy (non-hydrogen) atoms.